The Labute approximate surface area is 134 Å². The van der Waals surface area contributed by atoms with Gasteiger partial charge in [-0.05, 0) is 41.7 Å². The predicted molar refractivity (Wildman–Crippen MR) is 94.3 cm³/mol. The third-order valence-corrected chi connectivity index (χ3v) is 5.48. The molecule has 2 atom stereocenters. The molecular formula is C20H29NO. The van der Waals surface area contributed by atoms with Gasteiger partial charge in [0.15, 0.2) is 0 Å². The summed E-state index contributed by atoms with van der Waals surface area (Å²) >= 11 is 0. The first-order chi connectivity index (χ1) is 10.4. The van der Waals surface area contributed by atoms with Crippen LogP contribution in [0.3, 0.4) is 0 Å². The first-order valence-corrected chi connectivity index (χ1v) is 8.43. The van der Waals surface area contributed by atoms with Gasteiger partial charge in [0, 0.05) is 11.6 Å². The van der Waals surface area contributed by atoms with Gasteiger partial charge in [-0.15, -0.1) is 0 Å². The first kappa shape index (κ1) is 16.8. The van der Waals surface area contributed by atoms with Crippen LogP contribution in [0.1, 0.15) is 65.4 Å². The first-order valence-electron chi connectivity index (χ1n) is 8.43. The van der Waals surface area contributed by atoms with E-state index in [1.165, 1.54) is 12.8 Å². The standard InChI is InChI=1S/C20H29NO/c1-6-15(3)20(4,5)12-11-14(2)17-10-9-16-8-7-13-21-18(16)19(17)22/h7-10,13-15,22H,6,11-12H2,1-5H3. The lowest BCUT2D eigenvalue weighted by atomic mass is 9.73. The average molecular weight is 299 g/mol. The van der Waals surface area contributed by atoms with E-state index in [1.54, 1.807) is 6.20 Å². The third-order valence-electron chi connectivity index (χ3n) is 5.48. The van der Waals surface area contributed by atoms with Crippen LogP contribution in [0.25, 0.3) is 10.9 Å². The Morgan fingerprint density at radius 2 is 1.91 bits per heavy atom. The van der Waals surface area contributed by atoms with Crippen LogP contribution < -0.4 is 0 Å². The highest BCUT2D eigenvalue weighted by atomic mass is 16.3. The van der Waals surface area contributed by atoms with Crippen LogP contribution >= 0.6 is 0 Å². The van der Waals surface area contributed by atoms with Gasteiger partial charge in [0.05, 0.1) is 0 Å². The summed E-state index contributed by atoms with van der Waals surface area (Å²) in [6.07, 6.45) is 5.21. The van der Waals surface area contributed by atoms with Crippen LogP contribution in [-0.4, -0.2) is 10.1 Å². The fourth-order valence-corrected chi connectivity index (χ4v) is 3.09. The number of benzene rings is 1. The molecule has 0 bridgehead atoms. The summed E-state index contributed by atoms with van der Waals surface area (Å²) < 4.78 is 0. The lowest BCUT2D eigenvalue weighted by Gasteiger charge is -2.32. The van der Waals surface area contributed by atoms with Crippen molar-refractivity contribution < 1.29 is 5.11 Å². The monoisotopic (exact) mass is 299 g/mol. The van der Waals surface area contributed by atoms with Gasteiger partial charge in [-0.2, -0.15) is 0 Å². The van der Waals surface area contributed by atoms with Crippen molar-refractivity contribution in [3.05, 3.63) is 36.0 Å². The fraction of sp³-hybridized carbons (Fsp3) is 0.550. The number of phenolic OH excluding ortho intramolecular Hbond substituents is 1. The third kappa shape index (κ3) is 3.43. The number of aromatic nitrogens is 1. The number of nitrogens with zero attached hydrogens (tertiary/aromatic N) is 1. The van der Waals surface area contributed by atoms with Crippen molar-refractivity contribution in [3.8, 4) is 5.75 Å². The average Bonchev–Trinajstić information content (AvgIpc) is 2.52. The maximum absolute atomic E-state index is 10.5. The zero-order valence-electron chi connectivity index (χ0n) is 14.6. The van der Waals surface area contributed by atoms with Gasteiger partial charge in [-0.1, -0.05) is 59.2 Å². The van der Waals surface area contributed by atoms with Gasteiger partial charge >= 0.3 is 0 Å². The maximum atomic E-state index is 10.5. The van der Waals surface area contributed by atoms with Gasteiger partial charge in [-0.25, -0.2) is 0 Å². The Balaban J connectivity index is 2.16. The normalized spacial score (nSPS) is 15.0. The van der Waals surface area contributed by atoms with E-state index in [-0.39, 0.29) is 0 Å². The molecule has 0 saturated carbocycles. The van der Waals surface area contributed by atoms with Gasteiger partial charge < -0.3 is 5.11 Å². The van der Waals surface area contributed by atoms with Gasteiger partial charge in [0.25, 0.3) is 0 Å². The second-order valence-electron chi connectivity index (χ2n) is 7.32. The predicted octanol–water partition coefficient (Wildman–Crippen LogP) is 5.90. The number of hydrogen-bond acceptors (Lipinski definition) is 2. The molecule has 0 aliphatic heterocycles. The zero-order valence-corrected chi connectivity index (χ0v) is 14.6. The molecule has 0 aliphatic rings. The molecule has 0 fully saturated rings. The lowest BCUT2D eigenvalue weighted by Crippen LogP contribution is -2.21. The van der Waals surface area contributed by atoms with E-state index in [2.05, 4.69) is 51.7 Å². The highest BCUT2D eigenvalue weighted by Gasteiger charge is 2.25. The molecule has 22 heavy (non-hydrogen) atoms. The molecule has 2 nitrogen and oxygen atoms in total. The highest BCUT2D eigenvalue weighted by molar-refractivity contribution is 5.85. The quantitative estimate of drug-likeness (QED) is 0.720. The minimum absolute atomic E-state index is 0.341. The molecule has 0 amide bonds. The number of phenols is 1. The van der Waals surface area contributed by atoms with Crippen molar-refractivity contribution in [1.82, 2.24) is 4.98 Å². The van der Waals surface area contributed by atoms with E-state index in [0.29, 0.717) is 28.5 Å². The maximum Gasteiger partial charge on any atom is 0.145 e. The van der Waals surface area contributed by atoms with Crippen LogP contribution in [0, 0.1) is 11.3 Å². The summed E-state index contributed by atoms with van der Waals surface area (Å²) in [6.45, 7) is 11.5. The van der Waals surface area contributed by atoms with Crippen molar-refractivity contribution in [2.75, 3.05) is 0 Å². The second kappa shape index (κ2) is 6.68. The summed E-state index contributed by atoms with van der Waals surface area (Å²) in [4.78, 5) is 4.32. The Bertz CT molecular complexity index is 633. The lowest BCUT2D eigenvalue weighted by molar-refractivity contribution is 0.197. The van der Waals surface area contributed by atoms with E-state index >= 15 is 0 Å². The summed E-state index contributed by atoms with van der Waals surface area (Å²) in [5, 5.41) is 11.5. The van der Waals surface area contributed by atoms with E-state index < -0.39 is 0 Å². The molecule has 2 heteroatoms. The van der Waals surface area contributed by atoms with E-state index in [0.717, 1.165) is 17.4 Å². The molecule has 1 N–H and O–H groups in total. The Morgan fingerprint density at radius 1 is 1.18 bits per heavy atom. The van der Waals surface area contributed by atoms with Crippen molar-refractivity contribution in [1.29, 1.82) is 0 Å². The molecule has 120 valence electrons. The van der Waals surface area contributed by atoms with Crippen molar-refractivity contribution in [2.45, 2.75) is 59.8 Å². The Morgan fingerprint density at radius 3 is 2.59 bits per heavy atom. The zero-order chi connectivity index (χ0) is 16.3. The fourth-order valence-electron chi connectivity index (χ4n) is 3.09. The number of fused-ring (bicyclic) bond motifs is 1. The number of rotatable bonds is 6. The van der Waals surface area contributed by atoms with Crippen LogP contribution in [0.5, 0.6) is 5.75 Å². The second-order valence-corrected chi connectivity index (χ2v) is 7.32. The SMILES string of the molecule is CCC(C)C(C)(C)CCC(C)c1ccc2cccnc2c1O. The Hall–Kier alpha value is -1.57. The molecule has 2 unspecified atom stereocenters. The molecule has 0 radical (unpaired) electrons. The van der Waals surface area contributed by atoms with E-state index in [1.807, 2.05) is 12.1 Å². The van der Waals surface area contributed by atoms with Crippen molar-refractivity contribution >= 4 is 10.9 Å². The molecule has 2 aromatic rings. The molecule has 1 heterocycles. The smallest absolute Gasteiger partial charge is 0.145 e. The van der Waals surface area contributed by atoms with Gasteiger partial charge in [0.1, 0.15) is 11.3 Å². The highest BCUT2D eigenvalue weighted by Crippen LogP contribution is 2.39. The topological polar surface area (TPSA) is 33.1 Å². The molecule has 0 saturated heterocycles. The minimum Gasteiger partial charge on any atom is -0.505 e. The molecule has 2 rings (SSSR count). The minimum atomic E-state index is 0.341. The molecule has 1 aromatic heterocycles. The molecular weight excluding hydrogens is 270 g/mol. The summed E-state index contributed by atoms with van der Waals surface area (Å²) in [7, 11) is 0. The molecule has 1 aromatic carbocycles. The number of aromatic hydroxyl groups is 1. The molecule has 0 spiro atoms. The van der Waals surface area contributed by atoms with Crippen molar-refractivity contribution in [2.24, 2.45) is 11.3 Å². The van der Waals surface area contributed by atoms with Crippen LogP contribution in [0.4, 0.5) is 0 Å². The van der Waals surface area contributed by atoms with Gasteiger partial charge in [-0.3, -0.25) is 4.98 Å². The Kier molecular flexibility index (Phi) is 5.10. The van der Waals surface area contributed by atoms with Crippen LogP contribution in [0.2, 0.25) is 0 Å². The van der Waals surface area contributed by atoms with E-state index in [4.69, 9.17) is 0 Å². The number of hydrogen-bond donors (Lipinski definition) is 1. The van der Waals surface area contributed by atoms with E-state index in [9.17, 15) is 5.11 Å². The summed E-state index contributed by atoms with van der Waals surface area (Å²) in [6, 6.07) is 8.01. The summed E-state index contributed by atoms with van der Waals surface area (Å²) in [5.74, 6) is 1.41. The van der Waals surface area contributed by atoms with Crippen LogP contribution in [-0.2, 0) is 0 Å². The van der Waals surface area contributed by atoms with Crippen LogP contribution in [0.15, 0.2) is 30.5 Å². The van der Waals surface area contributed by atoms with Gasteiger partial charge in [0.2, 0.25) is 0 Å². The summed E-state index contributed by atoms with van der Waals surface area (Å²) in [5.41, 5.74) is 2.08. The largest absolute Gasteiger partial charge is 0.505 e. The number of pyridine rings is 1. The molecule has 0 aliphatic carbocycles. The van der Waals surface area contributed by atoms with Crippen molar-refractivity contribution in [3.63, 3.8) is 0 Å².